The Labute approximate surface area is 204 Å². The van der Waals surface area contributed by atoms with Gasteiger partial charge in [-0.25, -0.2) is 10.2 Å². The van der Waals surface area contributed by atoms with Gasteiger partial charge in [0.1, 0.15) is 6.61 Å². The highest BCUT2D eigenvalue weighted by Crippen LogP contribution is 2.29. The average Bonchev–Trinajstić information content (AvgIpc) is 2.77. The van der Waals surface area contributed by atoms with Gasteiger partial charge in [0, 0.05) is 14.6 Å². The minimum atomic E-state index is -0.428. The van der Waals surface area contributed by atoms with Gasteiger partial charge in [0.25, 0.3) is 0 Å². The largest absolute Gasteiger partial charge is 0.490 e. The maximum absolute atomic E-state index is 12.1. The predicted molar refractivity (Wildman–Crippen MR) is 135 cm³/mol. The quantitative estimate of drug-likeness (QED) is 0.239. The van der Waals surface area contributed by atoms with E-state index in [-0.39, 0.29) is 0 Å². The third-order valence-corrected chi connectivity index (χ3v) is 5.79. The summed E-state index contributed by atoms with van der Waals surface area (Å²) < 4.78 is 13.6. The Bertz CT molecular complexity index is 1100. The molecule has 3 aromatic carbocycles. The van der Waals surface area contributed by atoms with Crippen LogP contribution in [0.3, 0.4) is 0 Å². The molecule has 0 fully saturated rings. The van der Waals surface area contributed by atoms with Gasteiger partial charge in [0.2, 0.25) is 0 Å². The predicted octanol–water partition coefficient (Wildman–Crippen LogP) is 6.65. The molecule has 0 atom stereocenters. The number of anilines is 1. The van der Waals surface area contributed by atoms with Gasteiger partial charge < -0.3 is 14.8 Å². The summed E-state index contributed by atoms with van der Waals surface area (Å²) >= 11 is 6.86. The molecule has 0 heterocycles. The fraction of sp³-hybridized carbons (Fsp3) is 0.167. The van der Waals surface area contributed by atoms with Crippen LogP contribution < -0.4 is 20.2 Å². The van der Waals surface area contributed by atoms with Crippen LogP contribution in [0.4, 0.5) is 10.5 Å². The van der Waals surface area contributed by atoms with Crippen LogP contribution in [-0.4, -0.2) is 18.9 Å². The Hall–Kier alpha value is -2.84. The van der Waals surface area contributed by atoms with Crippen molar-refractivity contribution in [1.29, 1.82) is 0 Å². The molecule has 0 unspecified atom stereocenters. The van der Waals surface area contributed by atoms with E-state index in [9.17, 15) is 4.79 Å². The van der Waals surface area contributed by atoms with Crippen LogP contribution in [0.1, 0.15) is 23.6 Å². The first kappa shape index (κ1) is 23.8. The highest BCUT2D eigenvalue weighted by atomic mass is 79.9. The lowest BCUT2D eigenvalue weighted by atomic mass is 10.2. The molecule has 8 heteroatoms. The van der Waals surface area contributed by atoms with Crippen LogP contribution in [0.15, 0.2) is 74.7 Å². The molecule has 0 spiro atoms. The summed E-state index contributed by atoms with van der Waals surface area (Å²) in [5, 5.41) is 6.75. The summed E-state index contributed by atoms with van der Waals surface area (Å²) in [5.41, 5.74) is 5.99. The monoisotopic (exact) mass is 559 g/mol. The lowest BCUT2D eigenvalue weighted by molar-refractivity contribution is 0.252. The number of aryl methyl sites for hydroxylation is 1. The lowest BCUT2D eigenvalue weighted by Gasteiger charge is -2.12. The van der Waals surface area contributed by atoms with Crippen LogP contribution in [-0.2, 0) is 6.61 Å². The van der Waals surface area contributed by atoms with Crippen molar-refractivity contribution >= 4 is 49.8 Å². The van der Waals surface area contributed by atoms with Crippen molar-refractivity contribution in [1.82, 2.24) is 5.43 Å². The molecule has 0 aromatic heterocycles. The Morgan fingerprint density at radius 1 is 1.00 bits per heavy atom. The number of hydrogen-bond acceptors (Lipinski definition) is 4. The fourth-order valence-corrected chi connectivity index (χ4v) is 3.29. The number of urea groups is 1. The second kappa shape index (κ2) is 11.7. The van der Waals surface area contributed by atoms with E-state index in [0.29, 0.717) is 30.4 Å². The first-order valence-corrected chi connectivity index (χ1v) is 11.5. The minimum Gasteiger partial charge on any atom is -0.490 e. The zero-order chi connectivity index (χ0) is 22.9. The number of benzene rings is 3. The summed E-state index contributed by atoms with van der Waals surface area (Å²) in [6.45, 7) is 4.79. The van der Waals surface area contributed by atoms with Gasteiger partial charge in [-0.05, 0) is 79.1 Å². The summed E-state index contributed by atoms with van der Waals surface area (Å²) in [4.78, 5) is 12.1. The van der Waals surface area contributed by atoms with Crippen molar-refractivity contribution in [3.05, 3.63) is 86.3 Å². The highest BCUT2D eigenvalue weighted by Gasteiger charge is 2.07. The molecule has 0 aliphatic carbocycles. The molecule has 0 radical (unpaired) electrons. The number of hydrogen-bond donors (Lipinski definition) is 2. The minimum absolute atomic E-state index is 0.428. The molecule has 0 saturated heterocycles. The molecule has 2 amide bonds. The van der Waals surface area contributed by atoms with E-state index >= 15 is 0 Å². The van der Waals surface area contributed by atoms with Crippen LogP contribution in [0.2, 0.25) is 0 Å². The van der Waals surface area contributed by atoms with E-state index in [2.05, 4.69) is 47.7 Å². The number of ether oxygens (including phenoxy) is 2. The normalized spacial score (nSPS) is 10.8. The molecule has 3 rings (SSSR count). The lowest BCUT2D eigenvalue weighted by Crippen LogP contribution is -2.24. The number of hydrazone groups is 1. The Kier molecular flexibility index (Phi) is 8.70. The number of rotatable bonds is 8. The second-order valence-electron chi connectivity index (χ2n) is 6.84. The van der Waals surface area contributed by atoms with Gasteiger partial charge in [-0.2, -0.15) is 5.10 Å². The van der Waals surface area contributed by atoms with Crippen LogP contribution in [0, 0.1) is 6.92 Å². The smallest absolute Gasteiger partial charge is 0.339 e. The van der Waals surface area contributed by atoms with Gasteiger partial charge in [-0.15, -0.1) is 0 Å². The van der Waals surface area contributed by atoms with Crippen molar-refractivity contribution in [2.24, 2.45) is 5.10 Å². The van der Waals surface area contributed by atoms with E-state index in [0.717, 1.165) is 25.6 Å². The Morgan fingerprint density at radius 3 is 2.50 bits per heavy atom. The zero-order valence-corrected chi connectivity index (χ0v) is 20.9. The first-order chi connectivity index (χ1) is 15.4. The molecular formula is C24H23Br2N3O3. The van der Waals surface area contributed by atoms with Crippen molar-refractivity contribution in [2.45, 2.75) is 20.5 Å². The topological polar surface area (TPSA) is 72.0 Å². The maximum atomic E-state index is 12.1. The summed E-state index contributed by atoms with van der Waals surface area (Å²) in [7, 11) is 0. The Balaban J connectivity index is 1.59. The van der Waals surface area contributed by atoms with E-state index in [1.807, 2.05) is 74.5 Å². The average molecular weight is 561 g/mol. The number of amides is 2. The van der Waals surface area contributed by atoms with Crippen molar-refractivity contribution in [3.8, 4) is 11.5 Å². The third-order valence-electron chi connectivity index (χ3n) is 4.37. The van der Waals surface area contributed by atoms with Gasteiger partial charge in [0.05, 0.1) is 12.8 Å². The molecule has 32 heavy (non-hydrogen) atoms. The number of nitrogens with one attached hydrogen (secondary N) is 2. The van der Waals surface area contributed by atoms with E-state index < -0.39 is 6.03 Å². The molecular weight excluding hydrogens is 538 g/mol. The van der Waals surface area contributed by atoms with Crippen LogP contribution in [0.25, 0.3) is 0 Å². The van der Waals surface area contributed by atoms with Gasteiger partial charge >= 0.3 is 6.03 Å². The Morgan fingerprint density at radius 2 is 1.78 bits per heavy atom. The molecule has 3 aromatic rings. The first-order valence-electron chi connectivity index (χ1n) is 9.95. The van der Waals surface area contributed by atoms with Crippen molar-refractivity contribution in [3.63, 3.8) is 0 Å². The van der Waals surface area contributed by atoms with Gasteiger partial charge in [-0.3, -0.25) is 0 Å². The van der Waals surface area contributed by atoms with Gasteiger partial charge in [-0.1, -0.05) is 44.0 Å². The molecule has 0 saturated carbocycles. The fourth-order valence-electron chi connectivity index (χ4n) is 2.78. The molecule has 0 aliphatic rings. The standard InChI is InChI=1S/C24H23Br2N3O3/c1-3-31-23-13-18(6-11-22(23)32-15-17-4-7-19(25)8-5-17)14-27-29-24(30)28-20-9-10-21(26)16(2)12-20/h4-14H,3,15H2,1-2H3,(H2,28,29,30)/b27-14+. The summed E-state index contributed by atoms with van der Waals surface area (Å²) in [5.74, 6) is 1.26. The molecule has 0 bridgehead atoms. The maximum Gasteiger partial charge on any atom is 0.339 e. The summed E-state index contributed by atoms with van der Waals surface area (Å²) in [6.07, 6.45) is 1.55. The third kappa shape index (κ3) is 7.10. The van der Waals surface area contributed by atoms with Crippen molar-refractivity contribution < 1.29 is 14.3 Å². The molecule has 0 aliphatic heterocycles. The molecule has 6 nitrogen and oxygen atoms in total. The number of nitrogens with zero attached hydrogens (tertiary/aromatic N) is 1. The molecule has 166 valence electrons. The SMILES string of the molecule is CCOc1cc(/C=N/NC(=O)Nc2ccc(Br)c(C)c2)ccc1OCc1ccc(Br)cc1. The van der Waals surface area contributed by atoms with E-state index in [1.165, 1.54) is 0 Å². The van der Waals surface area contributed by atoms with E-state index in [1.54, 1.807) is 6.21 Å². The van der Waals surface area contributed by atoms with Gasteiger partial charge in [0.15, 0.2) is 11.5 Å². The van der Waals surface area contributed by atoms with E-state index in [4.69, 9.17) is 9.47 Å². The van der Waals surface area contributed by atoms with Crippen LogP contribution in [0.5, 0.6) is 11.5 Å². The molecule has 2 N–H and O–H groups in total. The zero-order valence-electron chi connectivity index (χ0n) is 17.7. The highest BCUT2D eigenvalue weighted by molar-refractivity contribution is 9.10. The number of carbonyl (C=O) groups is 1. The van der Waals surface area contributed by atoms with Crippen LogP contribution >= 0.6 is 31.9 Å². The number of halogens is 2. The number of carbonyl (C=O) groups excluding carboxylic acids is 1. The second-order valence-corrected chi connectivity index (χ2v) is 8.61. The summed E-state index contributed by atoms with van der Waals surface area (Å²) in [6, 6.07) is 18.6. The van der Waals surface area contributed by atoms with Crippen molar-refractivity contribution in [2.75, 3.05) is 11.9 Å².